The fraction of sp³-hybridized carbons (Fsp3) is 1.00. The Morgan fingerprint density at radius 2 is 2.06 bits per heavy atom. The molecule has 1 N–H and O–H groups in total. The van der Waals surface area contributed by atoms with Crippen LogP contribution in [0.4, 0.5) is 0 Å². The molecule has 1 aliphatic carbocycles. The summed E-state index contributed by atoms with van der Waals surface area (Å²) < 4.78 is 22.2. The molecule has 0 amide bonds. The van der Waals surface area contributed by atoms with Crippen molar-refractivity contribution < 1.29 is 13.5 Å². The lowest BCUT2D eigenvalue weighted by Crippen LogP contribution is -2.36. The molecule has 1 heterocycles. The fourth-order valence-corrected chi connectivity index (χ4v) is 3.43. The van der Waals surface area contributed by atoms with E-state index in [1.807, 2.05) is 0 Å². The van der Waals surface area contributed by atoms with Gasteiger partial charge in [-0.3, -0.25) is 4.90 Å². The SMILES string of the molecule is CC1CC(O)(CCS(C)(=O)=O)CN1C1CC1. The highest BCUT2D eigenvalue weighted by atomic mass is 32.2. The van der Waals surface area contributed by atoms with Gasteiger partial charge in [0.05, 0.1) is 11.4 Å². The number of β-amino-alcohol motifs (C(OH)–C–C–N with tert-alkyl or cyclic N) is 1. The van der Waals surface area contributed by atoms with E-state index in [2.05, 4.69) is 11.8 Å². The van der Waals surface area contributed by atoms with Gasteiger partial charge in [0.25, 0.3) is 0 Å². The van der Waals surface area contributed by atoms with Gasteiger partial charge in [-0.2, -0.15) is 0 Å². The van der Waals surface area contributed by atoms with Crippen LogP contribution < -0.4 is 0 Å². The third-order valence-electron chi connectivity index (χ3n) is 3.67. The van der Waals surface area contributed by atoms with Crippen LogP contribution in [0.25, 0.3) is 0 Å². The first kappa shape index (κ1) is 12.3. The van der Waals surface area contributed by atoms with Crippen molar-refractivity contribution in [1.29, 1.82) is 0 Å². The minimum absolute atomic E-state index is 0.0920. The summed E-state index contributed by atoms with van der Waals surface area (Å²) in [5.41, 5.74) is -0.787. The van der Waals surface area contributed by atoms with Crippen molar-refractivity contribution in [3.63, 3.8) is 0 Å². The summed E-state index contributed by atoms with van der Waals surface area (Å²) >= 11 is 0. The van der Waals surface area contributed by atoms with Crippen LogP contribution in [0.5, 0.6) is 0 Å². The van der Waals surface area contributed by atoms with Crippen LogP contribution in [0.1, 0.15) is 32.6 Å². The predicted molar refractivity (Wildman–Crippen MR) is 63.1 cm³/mol. The maximum absolute atomic E-state index is 11.1. The Morgan fingerprint density at radius 3 is 2.56 bits per heavy atom. The summed E-state index contributed by atoms with van der Waals surface area (Å²) in [6.45, 7) is 2.77. The van der Waals surface area contributed by atoms with E-state index >= 15 is 0 Å². The summed E-state index contributed by atoms with van der Waals surface area (Å²) in [6, 6.07) is 1.03. The van der Waals surface area contributed by atoms with Gasteiger partial charge < -0.3 is 5.11 Å². The number of hydrogen-bond acceptors (Lipinski definition) is 4. The zero-order chi connectivity index (χ0) is 12.0. The van der Waals surface area contributed by atoms with Gasteiger partial charge in [-0.15, -0.1) is 0 Å². The number of likely N-dealkylation sites (tertiary alicyclic amines) is 1. The Morgan fingerprint density at radius 1 is 1.44 bits per heavy atom. The molecule has 2 atom stereocenters. The van der Waals surface area contributed by atoms with Gasteiger partial charge >= 0.3 is 0 Å². The molecule has 1 aliphatic heterocycles. The third-order valence-corrected chi connectivity index (χ3v) is 4.62. The van der Waals surface area contributed by atoms with E-state index in [1.165, 1.54) is 19.1 Å². The highest BCUT2D eigenvalue weighted by Gasteiger charge is 2.45. The van der Waals surface area contributed by atoms with Crippen molar-refractivity contribution in [2.75, 3.05) is 18.6 Å². The van der Waals surface area contributed by atoms with E-state index in [9.17, 15) is 13.5 Å². The Hall–Kier alpha value is -0.130. The van der Waals surface area contributed by atoms with E-state index in [4.69, 9.17) is 0 Å². The molecular weight excluding hydrogens is 226 g/mol. The zero-order valence-corrected chi connectivity index (χ0v) is 10.8. The van der Waals surface area contributed by atoms with Crippen LogP contribution in [-0.2, 0) is 9.84 Å². The molecule has 2 fully saturated rings. The molecule has 2 aliphatic rings. The average molecular weight is 247 g/mol. The minimum Gasteiger partial charge on any atom is -0.388 e. The molecule has 16 heavy (non-hydrogen) atoms. The lowest BCUT2D eigenvalue weighted by atomic mass is 9.98. The van der Waals surface area contributed by atoms with Crippen molar-refractivity contribution in [1.82, 2.24) is 4.90 Å². The van der Waals surface area contributed by atoms with Crippen molar-refractivity contribution in [2.45, 2.75) is 50.3 Å². The highest BCUT2D eigenvalue weighted by molar-refractivity contribution is 7.90. The molecule has 0 spiro atoms. The van der Waals surface area contributed by atoms with Gasteiger partial charge in [-0.1, -0.05) is 0 Å². The van der Waals surface area contributed by atoms with Gasteiger partial charge in [0.2, 0.25) is 0 Å². The molecule has 0 aromatic carbocycles. The minimum atomic E-state index is -2.97. The topological polar surface area (TPSA) is 57.6 Å². The summed E-state index contributed by atoms with van der Waals surface area (Å²) in [5, 5.41) is 10.4. The number of rotatable bonds is 4. The van der Waals surface area contributed by atoms with Crippen LogP contribution in [0, 0.1) is 0 Å². The largest absolute Gasteiger partial charge is 0.388 e. The second kappa shape index (κ2) is 3.96. The summed E-state index contributed by atoms with van der Waals surface area (Å²) in [7, 11) is -2.97. The summed E-state index contributed by atoms with van der Waals surface area (Å²) in [6.07, 6.45) is 4.77. The van der Waals surface area contributed by atoms with Gasteiger partial charge in [-0.05, 0) is 32.6 Å². The Kier molecular flexibility index (Phi) is 3.05. The lowest BCUT2D eigenvalue weighted by Gasteiger charge is -2.23. The van der Waals surface area contributed by atoms with Crippen LogP contribution >= 0.6 is 0 Å². The fourth-order valence-electron chi connectivity index (χ4n) is 2.68. The van der Waals surface area contributed by atoms with E-state index < -0.39 is 15.4 Å². The standard InChI is InChI=1S/C11H21NO3S/c1-9-7-11(13,5-6-16(2,14)15)8-12(9)10-3-4-10/h9-10,13H,3-8H2,1-2H3. The van der Waals surface area contributed by atoms with Crippen molar-refractivity contribution in [3.8, 4) is 0 Å². The monoisotopic (exact) mass is 247 g/mol. The summed E-state index contributed by atoms with van der Waals surface area (Å²) in [4.78, 5) is 2.34. The Balaban J connectivity index is 1.93. The van der Waals surface area contributed by atoms with Crippen molar-refractivity contribution in [2.24, 2.45) is 0 Å². The normalized spacial score (nSPS) is 36.8. The molecule has 5 heteroatoms. The van der Waals surface area contributed by atoms with Crippen LogP contribution in [0.3, 0.4) is 0 Å². The molecule has 1 saturated carbocycles. The van der Waals surface area contributed by atoms with E-state index in [0.29, 0.717) is 31.5 Å². The molecule has 0 bridgehead atoms. The number of aliphatic hydroxyl groups is 1. The van der Waals surface area contributed by atoms with Crippen molar-refractivity contribution in [3.05, 3.63) is 0 Å². The van der Waals surface area contributed by atoms with E-state index in [-0.39, 0.29) is 5.75 Å². The molecule has 4 nitrogen and oxygen atoms in total. The van der Waals surface area contributed by atoms with Crippen LogP contribution in [0.2, 0.25) is 0 Å². The van der Waals surface area contributed by atoms with E-state index in [0.717, 1.165) is 0 Å². The van der Waals surface area contributed by atoms with Crippen LogP contribution in [0.15, 0.2) is 0 Å². The Bertz CT molecular complexity index is 363. The molecular formula is C11H21NO3S. The molecule has 0 aromatic heterocycles. The number of sulfone groups is 1. The lowest BCUT2D eigenvalue weighted by molar-refractivity contribution is 0.0453. The first-order valence-corrected chi connectivity index (χ1v) is 8.01. The van der Waals surface area contributed by atoms with E-state index in [1.54, 1.807) is 0 Å². The average Bonchev–Trinajstić information content (AvgIpc) is 2.90. The maximum Gasteiger partial charge on any atom is 0.147 e. The second-order valence-electron chi connectivity index (χ2n) is 5.56. The summed E-state index contributed by atoms with van der Waals surface area (Å²) in [5.74, 6) is 0.0920. The van der Waals surface area contributed by atoms with Gasteiger partial charge in [0, 0.05) is 24.9 Å². The molecule has 2 rings (SSSR count). The quantitative estimate of drug-likeness (QED) is 0.781. The molecule has 0 radical (unpaired) electrons. The highest BCUT2D eigenvalue weighted by Crippen LogP contribution is 2.38. The second-order valence-corrected chi connectivity index (χ2v) is 7.82. The number of nitrogens with zero attached hydrogens (tertiary/aromatic N) is 1. The zero-order valence-electron chi connectivity index (χ0n) is 10.0. The first-order valence-electron chi connectivity index (χ1n) is 5.95. The first-order chi connectivity index (χ1) is 7.29. The van der Waals surface area contributed by atoms with Crippen molar-refractivity contribution >= 4 is 9.84 Å². The molecule has 94 valence electrons. The number of hydrogen-bond donors (Lipinski definition) is 1. The molecule has 0 aromatic rings. The molecule has 2 unspecified atom stereocenters. The van der Waals surface area contributed by atoms with Gasteiger partial charge in [0.1, 0.15) is 9.84 Å². The predicted octanol–water partition coefficient (Wildman–Crippen LogP) is 0.409. The Labute approximate surface area is 97.6 Å². The van der Waals surface area contributed by atoms with Crippen LogP contribution in [-0.4, -0.2) is 54.7 Å². The molecule has 1 saturated heterocycles. The van der Waals surface area contributed by atoms with Gasteiger partial charge in [-0.25, -0.2) is 8.42 Å². The smallest absolute Gasteiger partial charge is 0.147 e. The van der Waals surface area contributed by atoms with Gasteiger partial charge in [0.15, 0.2) is 0 Å². The maximum atomic E-state index is 11.1. The third kappa shape index (κ3) is 2.96.